The maximum atomic E-state index is 10.2. The molecule has 0 radical (unpaired) electrons. The number of hydrogen-bond acceptors (Lipinski definition) is 4. The van der Waals surface area contributed by atoms with Gasteiger partial charge in [-0.1, -0.05) is 0 Å². The monoisotopic (exact) mass is 154 g/mol. The van der Waals surface area contributed by atoms with Gasteiger partial charge in [0.15, 0.2) is 0 Å². The Hall–Kier alpha value is -0.190. The number of carbonyl (C=O) groups excluding carboxylic acids is 3. The van der Waals surface area contributed by atoms with Crippen LogP contribution in [0.5, 0.6) is 0 Å². The zero-order valence-corrected chi connectivity index (χ0v) is 8.13. The predicted octanol–water partition coefficient (Wildman–Crippen LogP) is -3.22. The molecule has 0 spiro atoms. The van der Waals surface area contributed by atoms with E-state index in [1.807, 2.05) is 0 Å². The summed E-state index contributed by atoms with van der Waals surface area (Å²) in [5.74, 6) is -2.65. The minimum atomic E-state index is -1.11. The fourth-order valence-corrected chi connectivity index (χ4v) is 0.202. The number of hydrogen-bond donors (Lipinski definition) is 0. The van der Waals surface area contributed by atoms with Crippen LogP contribution >= 0.6 is 0 Å². The van der Waals surface area contributed by atoms with Crippen molar-refractivity contribution in [1.82, 2.24) is 0 Å². The minimum Gasteiger partial charge on any atom is -1.00 e. The Morgan fingerprint density at radius 1 is 1.20 bits per heavy atom. The van der Waals surface area contributed by atoms with Gasteiger partial charge < -0.3 is 6.16 Å². The van der Waals surface area contributed by atoms with Gasteiger partial charge in [-0.2, -0.15) is 0 Å². The van der Waals surface area contributed by atoms with Crippen LogP contribution in [0.3, 0.4) is 0 Å². The smallest absolute Gasteiger partial charge is 1.00 e. The molecule has 0 unspecified atom stereocenters. The van der Waals surface area contributed by atoms with Crippen molar-refractivity contribution in [3.05, 3.63) is 0 Å². The zero-order valence-electron chi connectivity index (χ0n) is 7.13. The van der Waals surface area contributed by atoms with Crippen LogP contribution < -0.4 is 29.6 Å². The molecule has 0 N–H and O–H groups in total. The number of ether oxygens (including phenoxy) is 1. The van der Waals surface area contributed by atoms with E-state index in [1.54, 1.807) is 0 Å². The van der Waals surface area contributed by atoms with Crippen molar-refractivity contribution >= 4 is 17.7 Å². The summed E-state index contributed by atoms with van der Waals surface area (Å²) in [6.07, 6.45) is 0. The van der Waals surface area contributed by atoms with E-state index in [1.165, 1.54) is 0 Å². The summed E-state index contributed by atoms with van der Waals surface area (Å²) in [4.78, 5) is 30.2. The zero-order chi connectivity index (χ0) is 7.44. The van der Waals surface area contributed by atoms with Crippen LogP contribution in [0, 0.1) is 0 Å². The molecular weight excluding hydrogens is 147 g/mol. The molecule has 0 atom stereocenters. The van der Waals surface area contributed by atoms with Crippen LogP contribution in [-0.2, 0) is 19.1 Å². The first-order chi connectivity index (χ1) is 4.04. The summed E-state index contributed by atoms with van der Waals surface area (Å²) in [5.41, 5.74) is 0. The normalized spacial score (nSPS) is 7.40. The Morgan fingerprint density at radius 2 is 1.60 bits per heavy atom. The Morgan fingerprint density at radius 3 is 1.70 bits per heavy atom. The fourth-order valence-electron chi connectivity index (χ4n) is 0.202. The van der Waals surface area contributed by atoms with E-state index in [4.69, 9.17) is 0 Å². The summed E-state index contributed by atoms with van der Waals surface area (Å²) in [6.45, 7) is 2.09. The van der Waals surface area contributed by atoms with E-state index < -0.39 is 17.7 Å². The summed E-state index contributed by atoms with van der Waals surface area (Å²) >= 11 is 0. The van der Waals surface area contributed by atoms with Gasteiger partial charge in [0.2, 0.25) is 5.78 Å². The van der Waals surface area contributed by atoms with Gasteiger partial charge in [0.25, 0.3) is 0 Å². The number of rotatable bonds is 1. The van der Waals surface area contributed by atoms with E-state index in [0.29, 0.717) is 0 Å². The van der Waals surface area contributed by atoms with E-state index in [-0.39, 0.29) is 31.0 Å². The Balaban J connectivity index is -0.000000320. The van der Waals surface area contributed by atoms with Gasteiger partial charge in [0.1, 0.15) is 0 Å². The largest absolute Gasteiger partial charge is 1.00 e. The summed E-state index contributed by atoms with van der Waals surface area (Å²) in [6, 6.07) is 0. The van der Waals surface area contributed by atoms with Crippen LogP contribution in [0.1, 0.15) is 15.3 Å². The predicted molar refractivity (Wildman–Crippen MR) is 28.6 cm³/mol. The molecule has 0 saturated carbocycles. The van der Waals surface area contributed by atoms with Gasteiger partial charge in [0.05, 0.1) is 0 Å². The molecule has 0 aromatic heterocycles. The molecule has 0 aliphatic rings. The van der Waals surface area contributed by atoms with Crippen molar-refractivity contribution in [3.63, 3.8) is 0 Å². The molecule has 0 amide bonds. The first kappa shape index (κ1) is 12.5. The topological polar surface area (TPSA) is 60.4 Å². The second-order valence-electron chi connectivity index (χ2n) is 1.44. The third kappa shape index (κ3) is 5.94. The Kier molecular flexibility index (Phi) is 6.97. The van der Waals surface area contributed by atoms with Gasteiger partial charge in [-0.25, -0.2) is 4.79 Å². The number of esters is 2. The van der Waals surface area contributed by atoms with Crippen LogP contribution in [-0.4, -0.2) is 17.7 Å². The maximum absolute atomic E-state index is 10.2. The average molecular weight is 154 g/mol. The van der Waals surface area contributed by atoms with Crippen molar-refractivity contribution < 1.29 is 50.1 Å². The second-order valence-corrected chi connectivity index (χ2v) is 1.44. The van der Waals surface area contributed by atoms with Gasteiger partial charge in [-0.05, 0) is 0 Å². The van der Waals surface area contributed by atoms with Crippen LogP contribution in [0.15, 0.2) is 0 Å². The second kappa shape index (κ2) is 5.58. The van der Waals surface area contributed by atoms with Gasteiger partial charge in [-0.15, -0.1) is 0 Å². The molecule has 0 aromatic carbocycles. The maximum Gasteiger partial charge on any atom is 1.00 e. The minimum absolute atomic E-state index is 0. The van der Waals surface area contributed by atoms with Crippen molar-refractivity contribution in [3.8, 4) is 0 Å². The molecule has 0 saturated heterocycles. The molecule has 10 heavy (non-hydrogen) atoms. The molecule has 0 aliphatic heterocycles. The number of Topliss-reactive ketones (excluding diaryl/α,β-unsaturated/α-hetero) is 1. The van der Waals surface area contributed by atoms with Crippen LogP contribution in [0.2, 0.25) is 0 Å². The van der Waals surface area contributed by atoms with Crippen LogP contribution in [0.25, 0.3) is 0 Å². The SMILES string of the molecule is CC(=O)OC(=O)C(C)=O.[H-].[Na+]. The third-order valence-electron chi connectivity index (χ3n) is 0.524. The van der Waals surface area contributed by atoms with Crippen molar-refractivity contribution in [2.75, 3.05) is 0 Å². The molecule has 0 aromatic rings. The van der Waals surface area contributed by atoms with Gasteiger partial charge >= 0.3 is 41.5 Å². The third-order valence-corrected chi connectivity index (χ3v) is 0.524. The number of ketones is 1. The summed E-state index contributed by atoms with van der Waals surface area (Å²) < 4.78 is 3.88. The van der Waals surface area contributed by atoms with Crippen molar-refractivity contribution in [1.29, 1.82) is 0 Å². The average Bonchev–Trinajstić information content (AvgIpc) is 1.63. The molecule has 4 nitrogen and oxygen atoms in total. The van der Waals surface area contributed by atoms with Crippen LogP contribution in [0.4, 0.5) is 0 Å². The van der Waals surface area contributed by atoms with Gasteiger partial charge in [-0.3, -0.25) is 9.59 Å². The molecule has 0 aliphatic carbocycles. The molecule has 5 heteroatoms. The summed E-state index contributed by atoms with van der Waals surface area (Å²) in [7, 11) is 0. The molecule has 52 valence electrons. The Bertz CT molecular complexity index is 168. The van der Waals surface area contributed by atoms with E-state index in [0.717, 1.165) is 13.8 Å². The standard InChI is InChI=1S/C5H6O4.Na.H/c1-3(6)5(8)9-4(2)7;;/h1-2H3;;/q;+1;-1. The molecule has 0 rings (SSSR count). The van der Waals surface area contributed by atoms with Crippen molar-refractivity contribution in [2.24, 2.45) is 0 Å². The summed E-state index contributed by atoms with van der Waals surface area (Å²) in [5, 5.41) is 0. The molecule has 0 heterocycles. The first-order valence-electron chi connectivity index (χ1n) is 2.27. The molecule has 0 fully saturated rings. The van der Waals surface area contributed by atoms with E-state index >= 15 is 0 Å². The Labute approximate surface area is 81.7 Å². The fraction of sp³-hybridized carbons (Fsp3) is 0.400. The first-order valence-corrected chi connectivity index (χ1v) is 2.27. The molecular formula is C5H7NaO4. The van der Waals surface area contributed by atoms with Gasteiger partial charge in [0, 0.05) is 13.8 Å². The molecule has 0 bridgehead atoms. The van der Waals surface area contributed by atoms with Crippen molar-refractivity contribution in [2.45, 2.75) is 13.8 Å². The van der Waals surface area contributed by atoms with E-state index in [2.05, 4.69) is 4.74 Å². The quantitative estimate of drug-likeness (QED) is 0.172. The number of carbonyl (C=O) groups is 3. The van der Waals surface area contributed by atoms with E-state index in [9.17, 15) is 14.4 Å².